The van der Waals surface area contributed by atoms with E-state index in [1.807, 2.05) is 37.3 Å². The zero-order valence-electron chi connectivity index (χ0n) is 13.5. The van der Waals surface area contributed by atoms with Crippen molar-refractivity contribution in [3.05, 3.63) is 66.0 Å². The molecular formula is C19H17N3O2. The molecule has 0 aliphatic rings. The number of anilines is 2. The normalized spacial score (nSPS) is 10.4. The molecule has 5 heteroatoms. The van der Waals surface area contributed by atoms with E-state index in [1.165, 1.54) is 6.92 Å². The van der Waals surface area contributed by atoms with Gasteiger partial charge in [0.25, 0.3) is 5.91 Å². The molecule has 0 aliphatic heterocycles. The Morgan fingerprint density at radius 2 is 1.67 bits per heavy atom. The molecule has 3 rings (SSSR count). The van der Waals surface area contributed by atoms with Crippen molar-refractivity contribution >= 4 is 34.0 Å². The number of hydrogen-bond donors (Lipinski definition) is 2. The number of rotatable bonds is 3. The first-order chi connectivity index (χ1) is 11.5. The van der Waals surface area contributed by atoms with Crippen LogP contribution in [0, 0.1) is 6.92 Å². The summed E-state index contributed by atoms with van der Waals surface area (Å²) in [4.78, 5) is 28.3. The second-order valence-corrected chi connectivity index (χ2v) is 5.57. The van der Waals surface area contributed by atoms with E-state index in [0.29, 0.717) is 16.9 Å². The largest absolute Gasteiger partial charge is 0.326 e. The van der Waals surface area contributed by atoms with Gasteiger partial charge in [-0.05, 0) is 42.0 Å². The molecule has 0 saturated heterocycles. The van der Waals surface area contributed by atoms with Crippen molar-refractivity contribution in [1.82, 2.24) is 4.98 Å². The highest BCUT2D eigenvalue weighted by molar-refractivity contribution is 6.12. The number of carbonyl (C=O) groups excluding carboxylic acids is 2. The van der Waals surface area contributed by atoms with Gasteiger partial charge in [-0.25, -0.2) is 0 Å². The van der Waals surface area contributed by atoms with Gasteiger partial charge in [-0.15, -0.1) is 0 Å². The van der Waals surface area contributed by atoms with E-state index < -0.39 is 0 Å². The average Bonchev–Trinajstić information content (AvgIpc) is 2.53. The van der Waals surface area contributed by atoms with Crippen LogP contribution in [0.2, 0.25) is 0 Å². The maximum atomic E-state index is 12.7. The number of nitrogens with zero attached hydrogens (tertiary/aromatic N) is 1. The Labute approximate surface area is 139 Å². The zero-order valence-corrected chi connectivity index (χ0v) is 13.5. The molecule has 0 spiro atoms. The summed E-state index contributed by atoms with van der Waals surface area (Å²) >= 11 is 0. The van der Waals surface area contributed by atoms with Crippen molar-refractivity contribution in [2.24, 2.45) is 0 Å². The number of carbonyl (C=O) groups is 2. The molecule has 0 fully saturated rings. The van der Waals surface area contributed by atoms with Gasteiger partial charge >= 0.3 is 0 Å². The van der Waals surface area contributed by atoms with Crippen molar-refractivity contribution < 1.29 is 9.59 Å². The first-order valence-corrected chi connectivity index (χ1v) is 7.57. The number of pyridine rings is 1. The molecule has 0 saturated carbocycles. The summed E-state index contributed by atoms with van der Waals surface area (Å²) in [5, 5.41) is 7.47. The maximum absolute atomic E-state index is 12.7. The summed E-state index contributed by atoms with van der Waals surface area (Å²) in [6.45, 7) is 3.28. The van der Waals surface area contributed by atoms with Crippen LogP contribution in [0.5, 0.6) is 0 Å². The Kier molecular flexibility index (Phi) is 4.24. The van der Waals surface area contributed by atoms with Crippen LogP contribution >= 0.6 is 0 Å². The van der Waals surface area contributed by atoms with E-state index in [2.05, 4.69) is 15.6 Å². The Morgan fingerprint density at radius 3 is 2.33 bits per heavy atom. The lowest BCUT2D eigenvalue weighted by molar-refractivity contribution is -0.114. The fourth-order valence-corrected chi connectivity index (χ4v) is 2.54. The first kappa shape index (κ1) is 15.7. The highest BCUT2D eigenvalue weighted by Crippen LogP contribution is 2.25. The number of amides is 2. The van der Waals surface area contributed by atoms with Gasteiger partial charge in [0.1, 0.15) is 0 Å². The molecule has 0 radical (unpaired) electrons. The Bertz CT molecular complexity index is 935. The van der Waals surface area contributed by atoms with Gasteiger partial charge in [-0.2, -0.15) is 0 Å². The monoisotopic (exact) mass is 319 g/mol. The van der Waals surface area contributed by atoms with E-state index in [4.69, 9.17) is 0 Å². The fourth-order valence-electron chi connectivity index (χ4n) is 2.54. The van der Waals surface area contributed by atoms with Crippen molar-refractivity contribution in [2.75, 3.05) is 10.6 Å². The molecular weight excluding hydrogens is 302 g/mol. The molecule has 1 heterocycles. The van der Waals surface area contributed by atoms with Crippen LogP contribution in [0.15, 0.2) is 54.7 Å². The van der Waals surface area contributed by atoms with Gasteiger partial charge in [0.2, 0.25) is 5.91 Å². The van der Waals surface area contributed by atoms with Crippen molar-refractivity contribution in [3.8, 4) is 0 Å². The van der Waals surface area contributed by atoms with E-state index in [-0.39, 0.29) is 11.8 Å². The van der Waals surface area contributed by atoms with E-state index >= 15 is 0 Å². The van der Waals surface area contributed by atoms with Crippen molar-refractivity contribution in [2.45, 2.75) is 13.8 Å². The van der Waals surface area contributed by atoms with Gasteiger partial charge < -0.3 is 10.6 Å². The summed E-state index contributed by atoms with van der Waals surface area (Å²) in [5.41, 5.74) is 2.38. The maximum Gasteiger partial charge on any atom is 0.257 e. The molecule has 0 atom stereocenters. The van der Waals surface area contributed by atoms with Crippen LogP contribution in [-0.2, 0) is 4.79 Å². The lowest BCUT2D eigenvalue weighted by Crippen LogP contribution is -2.16. The number of aromatic nitrogens is 1. The quantitative estimate of drug-likeness (QED) is 0.772. The Balaban J connectivity index is 2.02. The van der Waals surface area contributed by atoms with Crippen LogP contribution in [0.4, 0.5) is 11.4 Å². The van der Waals surface area contributed by atoms with E-state index in [9.17, 15) is 9.59 Å². The minimum absolute atomic E-state index is 0.223. The highest BCUT2D eigenvalue weighted by Gasteiger charge is 2.14. The highest BCUT2D eigenvalue weighted by atomic mass is 16.2. The smallest absolute Gasteiger partial charge is 0.257 e. The minimum atomic E-state index is -0.282. The number of nitrogens with one attached hydrogen (secondary N) is 2. The number of fused-ring (bicyclic) bond motifs is 1. The van der Waals surface area contributed by atoms with Crippen LogP contribution in [0.25, 0.3) is 10.8 Å². The lowest BCUT2D eigenvalue weighted by atomic mass is 10.0. The first-order valence-electron chi connectivity index (χ1n) is 7.57. The summed E-state index contributed by atoms with van der Waals surface area (Å²) in [5.74, 6) is -0.505. The minimum Gasteiger partial charge on any atom is -0.326 e. The molecule has 24 heavy (non-hydrogen) atoms. The zero-order chi connectivity index (χ0) is 17.1. The van der Waals surface area contributed by atoms with Gasteiger partial charge in [-0.1, -0.05) is 24.3 Å². The number of benzene rings is 2. The average molecular weight is 319 g/mol. The van der Waals surface area contributed by atoms with Crippen LogP contribution in [0.1, 0.15) is 23.0 Å². The number of hydrogen-bond acceptors (Lipinski definition) is 3. The van der Waals surface area contributed by atoms with Gasteiger partial charge in [0.15, 0.2) is 0 Å². The molecule has 1 aromatic heterocycles. The third-order valence-electron chi connectivity index (χ3n) is 3.60. The molecule has 120 valence electrons. The molecule has 0 unspecified atom stereocenters. The summed E-state index contributed by atoms with van der Waals surface area (Å²) in [6, 6.07) is 14.8. The molecule has 2 N–H and O–H groups in total. The summed E-state index contributed by atoms with van der Waals surface area (Å²) in [6.07, 6.45) is 1.64. The SMILES string of the molecule is CC(=O)Nc1cc2ccccc2cc1C(=O)Nc1ccnc(C)c1. The fraction of sp³-hybridized carbons (Fsp3) is 0.105. The molecule has 3 aromatic rings. The van der Waals surface area contributed by atoms with E-state index in [0.717, 1.165) is 16.5 Å². The van der Waals surface area contributed by atoms with E-state index in [1.54, 1.807) is 24.4 Å². The van der Waals surface area contributed by atoms with Crippen LogP contribution < -0.4 is 10.6 Å². The summed E-state index contributed by atoms with van der Waals surface area (Å²) in [7, 11) is 0. The van der Waals surface area contributed by atoms with Crippen molar-refractivity contribution in [1.29, 1.82) is 0 Å². The molecule has 0 aliphatic carbocycles. The van der Waals surface area contributed by atoms with Crippen LogP contribution in [0.3, 0.4) is 0 Å². The lowest BCUT2D eigenvalue weighted by Gasteiger charge is -2.12. The van der Waals surface area contributed by atoms with Gasteiger partial charge in [-0.3, -0.25) is 14.6 Å². The second kappa shape index (κ2) is 6.50. The van der Waals surface area contributed by atoms with Gasteiger partial charge in [0.05, 0.1) is 11.3 Å². The molecule has 2 amide bonds. The summed E-state index contributed by atoms with van der Waals surface area (Å²) < 4.78 is 0. The molecule has 2 aromatic carbocycles. The molecule has 0 bridgehead atoms. The topological polar surface area (TPSA) is 71.1 Å². The Hall–Kier alpha value is -3.21. The predicted molar refractivity (Wildman–Crippen MR) is 95.2 cm³/mol. The number of aryl methyl sites for hydroxylation is 1. The predicted octanol–water partition coefficient (Wildman–Crippen LogP) is 3.75. The molecule has 5 nitrogen and oxygen atoms in total. The van der Waals surface area contributed by atoms with Crippen LogP contribution in [-0.4, -0.2) is 16.8 Å². The standard InChI is InChI=1S/C19H17N3O2/c1-12-9-16(7-8-20-12)22-19(24)17-10-14-5-3-4-6-15(14)11-18(17)21-13(2)23/h3-11H,1-2H3,(H,21,23)(H,20,22,24). The second-order valence-electron chi connectivity index (χ2n) is 5.57. The Morgan fingerprint density at radius 1 is 0.958 bits per heavy atom. The van der Waals surface area contributed by atoms with Crippen molar-refractivity contribution in [3.63, 3.8) is 0 Å². The third kappa shape index (κ3) is 3.41. The third-order valence-corrected chi connectivity index (χ3v) is 3.60. The van der Waals surface area contributed by atoms with Gasteiger partial charge in [0, 0.05) is 24.5 Å².